The summed E-state index contributed by atoms with van der Waals surface area (Å²) in [6.45, 7) is 7.27. The highest BCUT2D eigenvalue weighted by Crippen LogP contribution is 2.37. The summed E-state index contributed by atoms with van der Waals surface area (Å²) in [6, 6.07) is 0. The van der Waals surface area contributed by atoms with Crippen molar-refractivity contribution in [2.75, 3.05) is 19.6 Å². The Labute approximate surface area is 86.6 Å². The van der Waals surface area contributed by atoms with Gasteiger partial charge in [0.2, 0.25) is 0 Å². The van der Waals surface area contributed by atoms with Crippen molar-refractivity contribution in [2.45, 2.75) is 31.8 Å². The average molecular weight is 195 g/mol. The van der Waals surface area contributed by atoms with Gasteiger partial charge in [0, 0.05) is 19.0 Å². The lowest BCUT2D eigenvalue weighted by Crippen LogP contribution is -2.25. The summed E-state index contributed by atoms with van der Waals surface area (Å²) < 4.78 is 0. The van der Waals surface area contributed by atoms with Crippen LogP contribution in [0, 0.1) is 11.8 Å². The molecular formula is C12H21NO. The van der Waals surface area contributed by atoms with E-state index in [1.807, 2.05) is 6.08 Å². The molecule has 1 aliphatic heterocycles. The van der Waals surface area contributed by atoms with Gasteiger partial charge in [-0.1, -0.05) is 6.08 Å². The van der Waals surface area contributed by atoms with Crippen LogP contribution in [0.2, 0.25) is 0 Å². The standard InChI is InChI=1S/C12H21NO/c1-2-3-4-7-13-8-10-5-6-12(14)11(10)9-13/h2,10-12,14H,1,3-9H2/t10-,11+,12-/m1/s1. The van der Waals surface area contributed by atoms with E-state index in [2.05, 4.69) is 11.5 Å². The highest BCUT2D eigenvalue weighted by atomic mass is 16.3. The number of hydrogen-bond donors (Lipinski definition) is 1. The van der Waals surface area contributed by atoms with Crippen LogP contribution in [-0.4, -0.2) is 35.7 Å². The molecule has 0 bridgehead atoms. The second-order valence-electron chi connectivity index (χ2n) is 4.76. The first-order chi connectivity index (χ1) is 6.81. The summed E-state index contributed by atoms with van der Waals surface area (Å²) in [5, 5.41) is 9.75. The molecule has 2 nitrogen and oxygen atoms in total. The summed E-state index contributed by atoms with van der Waals surface area (Å²) in [4.78, 5) is 2.52. The number of hydrogen-bond acceptors (Lipinski definition) is 2. The second kappa shape index (κ2) is 4.45. The van der Waals surface area contributed by atoms with Gasteiger partial charge in [0.25, 0.3) is 0 Å². The first kappa shape index (κ1) is 10.2. The third-order valence-electron chi connectivity index (χ3n) is 3.78. The minimum absolute atomic E-state index is 0.00981. The van der Waals surface area contributed by atoms with E-state index in [9.17, 15) is 5.11 Å². The maximum absolute atomic E-state index is 9.75. The number of aliphatic hydroxyl groups is 1. The number of fused-ring (bicyclic) bond motifs is 1. The van der Waals surface area contributed by atoms with Gasteiger partial charge in [-0.2, -0.15) is 0 Å². The number of nitrogens with zero attached hydrogens (tertiary/aromatic N) is 1. The minimum atomic E-state index is -0.00981. The maximum atomic E-state index is 9.75. The average Bonchev–Trinajstić information content (AvgIpc) is 2.70. The molecule has 2 fully saturated rings. The zero-order valence-corrected chi connectivity index (χ0v) is 8.86. The summed E-state index contributed by atoms with van der Waals surface area (Å²) in [5.74, 6) is 1.37. The van der Waals surface area contributed by atoms with E-state index in [1.54, 1.807) is 0 Å². The topological polar surface area (TPSA) is 23.5 Å². The van der Waals surface area contributed by atoms with Crippen LogP contribution in [-0.2, 0) is 0 Å². The van der Waals surface area contributed by atoms with Gasteiger partial charge in [0.1, 0.15) is 0 Å². The zero-order valence-electron chi connectivity index (χ0n) is 8.86. The Morgan fingerprint density at radius 3 is 2.93 bits per heavy atom. The lowest BCUT2D eigenvalue weighted by atomic mass is 10.00. The fourth-order valence-electron chi connectivity index (χ4n) is 2.97. The van der Waals surface area contributed by atoms with E-state index in [1.165, 1.54) is 25.9 Å². The molecule has 0 aromatic rings. The molecule has 0 unspecified atom stereocenters. The van der Waals surface area contributed by atoms with Crippen molar-refractivity contribution in [3.63, 3.8) is 0 Å². The highest BCUT2D eigenvalue weighted by molar-refractivity contribution is 4.93. The zero-order chi connectivity index (χ0) is 9.97. The minimum Gasteiger partial charge on any atom is -0.393 e. The molecule has 80 valence electrons. The molecule has 0 aromatic heterocycles. The summed E-state index contributed by atoms with van der Waals surface area (Å²) >= 11 is 0. The molecule has 0 spiro atoms. The largest absolute Gasteiger partial charge is 0.393 e. The molecule has 0 amide bonds. The quantitative estimate of drug-likeness (QED) is 0.544. The van der Waals surface area contributed by atoms with E-state index in [-0.39, 0.29) is 6.10 Å². The number of likely N-dealkylation sites (tertiary alicyclic amines) is 1. The lowest BCUT2D eigenvalue weighted by molar-refractivity contribution is 0.124. The van der Waals surface area contributed by atoms with Gasteiger partial charge in [-0.05, 0) is 38.1 Å². The molecule has 1 saturated carbocycles. The third-order valence-corrected chi connectivity index (χ3v) is 3.78. The van der Waals surface area contributed by atoms with Crippen LogP contribution in [0.3, 0.4) is 0 Å². The Bertz CT molecular complexity index is 204. The normalized spacial score (nSPS) is 37.4. The van der Waals surface area contributed by atoms with Crippen molar-refractivity contribution in [3.05, 3.63) is 12.7 Å². The van der Waals surface area contributed by atoms with Crippen molar-refractivity contribution in [3.8, 4) is 0 Å². The van der Waals surface area contributed by atoms with Crippen LogP contribution in [0.25, 0.3) is 0 Å². The molecule has 3 atom stereocenters. The van der Waals surface area contributed by atoms with E-state index in [4.69, 9.17) is 0 Å². The van der Waals surface area contributed by atoms with E-state index < -0.39 is 0 Å². The van der Waals surface area contributed by atoms with Crippen molar-refractivity contribution in [1.82, 2.24) is 4.90 Å². The SMILES string of the molecule is C=CCCCN1C[C@H]2CC[C@@H](O)[C@H]2C1. The van der Waals surface area contributed by atoms with E-state index in [0.29, 0.717) is 5.92 Å². The van der Waals surface area contributed by atoms with Crippen molar-refractivity contribution in [1.29, 1.82) is 0 Å². The van der Waals surface area contributed by atoms with Crippen LogP contribution in [0.5, 0.6) is 0 Å². The number of allylic oxidation sites excluding steroid dienone is 1. The second-order valence-corrected chi connectivity index (χ2v) is 4.76. The molecule has 2 heteroatoms. The number of aliphatic hydroxyl groups excluding tert-OH is 1. The highest BCUT2D eigenvalue weighted by Gasteiger charge is 2.41. The molecule has 0 aromatic carbocycles. The summed E-state index contributed by atoms with van der Waals surface area (Å²) in [6.07, 6.45) is 6.60. The molecule has 1 saturated heterocycles. The van der Waals surface area contributed by atoms with Crippen LogP contribution in [0.4, 0.5) is 0 Å². The predicted molar refractivity (Wildman–Crippen MR) is 58.1 cm³/mol. The fraction of sp³-hybridized carbons (Fsp3) is 0.833. The van der Waals surface area contributed by atoms with Crippen molar-refractivity contribution < 1.29 is 5.11 Å². The molecule has 0 radical (unpaired) electrons. The Morgan fingerprint density at radius 2 is 2.21 bits per heavy atom. The first-order valence-electron chi connectivity index (χ1n) is 5.82. The van der Waals surface area contributed by atoms with Gasteiger partial charge in [0.15, 0.2) is 0 Å². The van der Waals surface area contributed by atoms with Gasteiger partial charge in [-0.15, -0.1) is 6.58 Å². The van der Waals surface area contributed by atoms with Crippen LogP contribution in [0.1, 0.15) is 25.7 Å². The van der Waals surface area contributed by atoms with E-state index in [0.717, 1.165) is 25.3 Å². The summed E-state index contributed by atoms with van der Waals surface area (Å²) in [5.41, 5.74) is 0. The first-order valence-corrected chi connectivity index (χ1v) is 5.82. The fourth-order valence-corrected chi connectivity index (χ4v) is 2.97. The Hall–Kier alpha value is -0.340. The third kappa shape index (κ3) is 2.01. The van der Waals surface area contributed by atoms with Crippen LogP contribution >= 0.6 is 0 Å². The summed E-state index contributed by atoms with van der Waals surface area (Å²) in [7, 11) is 0. The van der Waals surface area contributed by atoms with E-state index >= 15 is 0 Å². The predicted octanol–water partition coefficient (Wildman–Crippen LogP) is 1.66. The van der Waals surface area contributed by atoms with Crippen LogP contribution < -0.4 is 0 Å². The van der Waals surface area contributed by atoms with Gasteiger partial charge in [-0.25, -0.2) is 0 Å². The van der Waals surface area contributed by atoms with Gasteiger partial charge >= 0.3 is 0 Å². The number of rotatable bonds is 4. The molecular weight excluding hydrogens is 174 g/mol. The lowest BCUT2D eigenvalue weighted by Gasteiger charge is -2.17. The number of unbranched alkanes of at least 4 members (excludes halogenated alkanes) is 1. The Morgan fingerprint density at radius 1 is 1.36 bits per heavy atom. The Balaban J connectivity index is 1.75. The van der Waals surface area contributed by atoms with Gasteiger partial charge in [-0.3, -0.25) is 0 Å². The van der Waals surface area contributed by atoms with Crippen molar-refractivity contribution in [2.24, 2.45) is 11.8 Å². The Kier molecular flexibility index (Phi) is 3.24. The monoisotopic (exact) mass is 195 g/mol. The molecule has 1 N–H and O–H groups in total. The molecule has 14 heavy (non-hydrogen) atoms. The van der Waals surface area contributed by atoms with Crippen molar-refractivity contribution >= 4 is 0 Å². The molecule has 1 aliphatic carbocycles. The molecule has 2 rings (SSSR count). The smallest absolute Gasteiger partial charge is 0.0583 e. The molecule has 1 heterocycles. The maximum Gasteiger partial charge on any atom is 0.0583 e. The van der Waals surface area contributed by atoms with Gasteiger partial charge < -0.3 is 10.0 Å². The molecule has 2 aliphatic rings. The van der Waals surface area contributed by atoms with Crippen LogP contribution in [0.15, 0.2) is 12.7 Å². The van der Waals surface area contributed by atoms with Gasteiger partial charge in [0.05, 0.1) is 6.10 Å².